The van der Waals surface area contributed by atoms with Crippen LogP contribution in [-0.2, 0) is 35.5 Å². The third-order valence-corrected chi connectivity index (χ3v) is 7.70. The first kappa shape index (κ1) is 25.6. The van der Waals surface area contributed by atoms with Gasteiger partial charge in [-0.25, -0.2) is 9.55 Å². The van der Waals surface area contributed by atoms with Gasteiger partial charge >= 0.3 is 0 Å². The fourth-order valence-corrected chi connectivity index (χ4v) is 5.69. The third kappa shape index (κ3) is 6.08. The number of amides is 1. The van der Waals surface area contributed by atoms with Crippen LogP contribution in [-0.4, -0.2) is 23.5 Å². The second-order valence-electron chi connectivity index (χ2n) is 9.60. The second-order valence-corrected chi connectivity index (χ2v) is 10.5. The number of ether oxygens (including phenoxy) is 1. The zero-order chi connectivity index (χ0) is 26.4. The Kier molecular flexibility index (Phi) is 7.79. The molecule has 1 aliphatic carbocycles. The molecule has 4 aromatic rings. The number of hydrogen-bond donors (Lipinski definition) is 1. The van der Waals surface area contributed by atoms with Crippen LogP contribution < -0.4 is 19.7 Å². The Labute approximate surface area is 225 Å². The molecule has 0 saturated carbocycles. The first-order valence-corrected chi connectivity index (χ1v) is 13.6. The quantitative estimate of drug-likeness (QED) is 0.239. The van der Waals surface area contributed by atoms with Crippen molar-refractivity contribution in [1.82, 2.24) is 10.3 Å². The van der Waals surface area contributed by atoms with Crippen molar-refractivity contribution in [3.63, 3.8) is 0 Å². The fraction of sp³-hybridized carbons (Fsp3) is 0.267. The van der Waals surface area contributed by atoms with Crippen molar-refractivity contribution in [3.05, 3.63) is 101 Å². The van der Waals surface area contributed by atoms with Crippen molar-refractivity contribution in [2.75, 3.05) is 6.61 Å². The molecule has 5 rings (SSSR count). The molecule has 1 amide bonds. The summed E-state index contributed by atoms with van der Waals surface area (Å²) >= 11 is 1.46. The summed E-state index contributed by atoms with van der Waals surface area (Å²) in [4.78, 5) is 29.4. The van der Waals surface area contributed by atoms with Crippen LogP contribution in [0, 0.1) is 5.41 Å². The van der Waals surface area contributed by atoms with Crippen LogP contribution in [0.3, 0.4) is 0 Å². The lowest BCUT2D eigenvalue weighted by Gasteiger charge is -2.28. The van der Waals surface area contributed by atoms with Gasteiger partial charge in [-0.1, -0.05) is 30.3 Å². The van der Waals surface area contributed by atoms with Crippen molar-refractivity contribution in [2.45, 2.75) is 38.8 Å². The molecule has 2 heterocycles. The maximum absolute atomic E-state index is 13.2. The van der Waals surface area contributed by atoms with Gasteiger partial charge in [-0.15, -0.1) is 11.3 Å². The van der Waals surface area contributed by atoms with E-state index < -0.39 is 11.4 Å². The Morgan fingerprint density at radius 2 is 1.71 bits per heavy atom. The molecule has 8 heteroatoms. The van der Waals surface area contributed by atoms with E-state index in [1.165, 1.54) is 11.3 Å². The highest BCUT2D eigenvalue weighted by Gasteiger charge is 2.43. The number of carbonyl (C=O) groups is 2. The van der Waals surface area contributed by atoms with Gasteiger partial charge in [0.2, 0.25) is 5.91 Å². The molecule has 0 spiro atoms. The molecule has 0 radical (unpaired) electrons. The Morgan fingerprint density at radius 1 is 1.00 bits per heavy atom. The summed E-state index contributed by atoms with van der Waals surface area (Å²) < 4.78 is 8.00. The van der Waals surface area contributed by atoms with Gasteiger partial charge in [-0.2, -0.15) is 0 Å². The number of hydrogen-bond acceptors (Lipinski definition) is 6. The molecule has 0 bridgehead atoms. The Morgan fingerprint density at radius 3 is 2.39 bits per heavy atom. The van der Waals surface area contributed by atoms with E-state index in [2.05, 4.69) is 14.9 Å². The number of carboxylic acids is 1. The SMILES string of the molecule is O=C([O-])CC1(C(=O)NCc2nc(-c3ccc(OCCC[n+]4ccccc4)cc3)cs2)Cc2ccccc2C1. The zero-order valence-corrected chi connectivity index (χ0v) is 21.8. The summed E-state index contributed by atoms with van der Waals surface area (Å²) in [6, 6.07) is 21.6. The lowest BCUT2D eigenvalue weighted by atomic mass is 9.80. The normalized spacial score (nSPS) is 13.6. The van der Waals surface area contributed by atoms with Crippen molar-refractivity contribution in [2.24, 2.45) is 5.41 Å². The van der Waals surface area contributed by atoms with Crippen molar-refractivity contribution >= 4 is 23.2 Å². The van der Waals surface area contributed by atoms with E-state index in [1.807, 2.05) is 84.5 Å². The number of nitrogens with zero attached hydrogens (tertiary/aromatic N) is 2. The number of aromatic nitrogens is 2. The molecule has 38 heavy (non-hydrogen) atoms. The highest BCUT2D eigenvalue weighted by atomic mass is 32.1. The summed E-state index contributed by atoms with van der Waals surface area (Å²) in [7, 11) is 0. The summed E-state index contributed by atoms with van der Waals surface area (Å²) in [5.74, 6) is -0.681. The molecule has 0 saturated heterocycles. The first-order valence-electron chi connectivity index (χ1n) is 12.7. The molecular formula is C30H29N3O4S. The van der Waals surface area contributed by atoms with Crippen LogP contribution in [0.4, 0.5) is 0 Å². The van der Waals surface area contributed by atoms with Gasteiger partial charge in [-0.3, -0.25) is 4.79 Å². The molecule has 2 aromatic heterocycles. The molecule has 0 atom stereocenters. The van der Waals surface area contributed by atoms with Crippen LogP contribution in [0.15, 0.2) is 84.5 Å². The third-order valence-electron chi connectivity index (χ3n) is 6.85. The van der Waals surface area contributed by atoms with E-state index in [0.717, 1.165) is 46.1 Å². The summed E-state index contributed by atoms with van der Waals surface area (Å²) in [6.45, 7) is 1.78. The predicted octanol–water partition coefficient (Wildman–Crippen LogP) is 3.11. The zero-order valence-electron chi connectivity index (χ0n) is 21.0. The Hall–Kier alpha value is -4.04. The molecule has 0 unspecified atom stereocenters. The molecule has 2 aromatic carbocycles. The van der Waals surface area contributed by atoms with Crippen LogP contribution in [0.25, 0.3) is 11.3 Å². The number of aliphatic carboxylic acids is 1. The standard InChI is InChI=1S/C30H29N3O4S/c34-28(35)19-30(17-23-7-2-3-8-24(23)18-30)29(36)31-20-27-32-26(21-38-27)22-9-11-25(12-10-22)37-16-6-15-33-13-4-1-5-14-33/h1-5,7-14,21H,6,15-20H2,(H-,31,34,35,36). The highest BCUT2D eigenvalue weighted by molar-refractivity contribution is 7.09. The predicted molar refractivity (Wildman–Crippen MR) is 142 cm³/mol. The summed E-state index contributed by atoms with van der Waals surface area (Å²) in [6.07, 6.45) is 5.48. The number of rotatable bonds is 11. The average molecular weight is 528 g/mol. The molecule has 0 fully saturated rings. The minimum Gasteiger partial charge on any atom is -0.550 e. The van der Waals surface area contributed by atoms with Gasteiger partial charge in [0, 0.05) is 41.9 Å². The maximum Gasteiger partial charge on any atom is 0.227 e. The molecular weight excluding hydrogens is 498 g/mol. The lowest BCUT2D eigenvalue weighted by Crippen LogP contribution is -2.45. The highest BCUT2D eigenvalue weighted by Crippen LogP contribution is 2.40. The fourth-order valence-electron chi connectivity index (χ4n) is 4.95. The van der Waals surface area contributed by atoms with E-state index in [0.29, 0.717) is 19.4 Å². The van der Waals surface area contributed by atoms with Crippen molar-refractivity contribution < 1.29 is 24.0 Å². The number of fused-ring (bicyclic) bond motifs is 1. The van der Waals surface area contributed by atoms with E-state index in [4.69, 9.17) is 4.74 Å². The van der Waals surface area contributed by atoms with Crippen molar-refractivity contribution in [1.29, 1.82) is 0 Å². The minimum absolute atomic E-state index is 0.245. The van der Waals surface area contributed by atoms with Gasteiger partial charge in [0.1, 0.15) is 10.8 Å². The van der Waals surface area contributed by atoms with E-state index in [-0.39, 0.29) is 18.9 Å². The van der Waals surface area contributed by atoms with Crippen LogP contribution in [0.5, 0.6) is 5.75 Å². The van der Waals surface area contributed by atoms with Gasteiger partial charge in [0.25, 0.3) is 0 Å². The van der Waals surface area contributed by atoms with Gasteiger partial charge in [0.15, 0.2) is 18.9 Å². The topological polar surface area (TPSA) is 95.2 Å². The number of carboxylic acid groups (broad SMARTS) is 1. The minimum atomic E-state index is -1.22. The molecule has 7 nitrogen and oxygen atoms in total. The number of thiazole rings is 1. The monoisotopic (exact) mass is 527 g/mol. The first-order chi connectivity index (χ1) is 18.5. The molecule has 194 valence electrons. The van der Waals surface area contributed by atoms with Crippen LogP contribution >= 0.6 is 11.3 Å². The van der Waals surface area contributed by atoms with Gasteiger partial charge in [0.05, 0.1) is 24.3 Å². The Bertz CT molecular complexity index is 1380. The second kappa shape index (κ2) is 11.6. The Balaban J connectivity index is 1.14. The van der Waals surface area contributed by atoms with E-state index in [1.54, 1.807) is 0 Å². The van der Waals surface area contributed by atoms with Gasteiger partial charge in [-0.05, 0) is 48.2 Å². The van der Waals surface area contributed by atoms with Gasteiger partial charge < -0.3 is 20.0 Å². The summed E-state index contributed by atoms with van der Waals surface area (Å²) in [5, 5.41) is 17.1. The smallest absolute Gasteiger partial charge is 0.227 e. The average Bonchev–Trinajstić information content (AvgIpc) is 3.55. The molecule has 0 aliphatic heterocycles. The lowest BCUT2D eigenvalue weighted by molar-refractivity contribution is -0.697. The molecule has 1 N–H and O–H groups in total. The maximum atomic E-state index is 13.2. The number of pyridine rings is 1. The number of nitrogens with one attached hydrogen (secondary N) is 1. The van der Waals surface area contributed by atoms with E-state index in [9.17, 15) is 14.7 Å². The van der Waals surface area contributed by atoms with Crippen molar-refractivity contribution in [3.8, 4) is 17.0 Å². The number of carbonyl (C=O) groups excluding carboxylic acids is 2. The number of benzene rings is 2. The van der Waals surface area contributed by atoms with E-state index >= 15 is 0 Å². The largest absolute Gasteiger partial charge is 0.550 e. The number of aryl methyl sites for hydroxylation is 1. The van der Waals surface area contributed by atoms with Crippen LogP contribution in [0.2, 0.25) is 0 Å². The summed E-state index contributed by atoms with van der Waals surface area (Å²) in [5.41, 5.74) is 2.79. The molecule has 1 aliphatic rings. The van der Waals surface area contributed by atoms with Crippen LogP contribution in [0.1, 0.15) is 29.0 Å².